The van der Waals surface area contributed by atoms with Gasteiger partial charge in [-0.1, -0.05) is 56.0 Å². The van der Waals surface area contributed by atoms with Crippen LogP contribution in [0, 0.1) is 17.2 Å². The van der Waals surface area contributed by atoms with E-state index in [1.54, 1.807) is 6.07 Å². The zero-order chi connectivity index (χ0) is 16.2. The van der Waals surface area contributed by atoms with E-state index < -0.39 is 0 Å². The van der Waals surface area contributed by atoms with Crippen LogP contribution in [0.25, 0.3) is 0 Å². The van der Waals surface area contributed by atoms with Gasteiger partial charge in [-0.3, -0.25) is 0 Å². The van der Waals surface area contributed by atoms with Gasteiger partial charge in [-0.2, -0.15) is 5.26 Å². The molecule has 3 rings (SSSR count). The van der Waals surface area contributed by atoms with E-state index in [0.717, 1.165) is 17.9 Å². The maximum Gasteiger partial charge on any atom is 0.152 e. The molecule has 5 heteroatoms. The molecule has 1 aromatic rings. The third-order valence-electron chi connectivity index (χ3n) is 4.28. The summed E-state index contributed by atoms with van der Waals surface area (Å²) in [4.78, 5) is 4.62. The van der Waals surface area contributed by atoms with E-state index >= 15 is 0 Å². The molecule has 4 nitrogen and oxygen atoms in total. The molecule has 0 amide bonds. The standard InChI is InChI=1S/C18H19ClN4/c1-12-14(11-20)18(22-16-9-5-4-8-15(16)19)23-17(21-12)10-13-6-2-3-7-13/h4-5,8-9,13,22H,1-3,6-7,10H2,(H,21,23). The predicted octanol–water partition coefficient (Wildman–Crippen LogP) is 4.58. The van der Waals surface area contributed by atoms with Crippen molar-refractivity contribution < 1.29 is 0 Å². The number of amidine groups is 1. The molecule has 1 aromatic carbocycles. The predicted molar refractivity (Wildman–Crippen MR) is 94.0 cm³/mol. The Morgan fingerprint density at radius 3 is 2.78 bits per heavy atom. The minimum Gasteiger partial charge on any atom is -0.343 e. The third kappa shape index (κ3) is 3.57. The number of anilines is 1. The number of halogens is 1. The molecule has 1 saturated carbocycles. The van der Waals surface area contributed by atoms with E-state index in [9.17, 15) is 5.26 Å². The highest BCUT2D eigenvalue weighted by atomic mass is 35.5. The van der Waals surface area contributed by atoms with Crippen molar-refractivity contribution in [1.82, 2.24) is 5.32 Å². The summed E-state index contributed by atoms with van der Waals surface area (Å²) < 4.78 is 0. The number of rotatable bonds is 4. The number of hydrogen-bond donors (Lipinski definition) is 2. The van der Waals surface area contributed by atoms with Crippen molar-refractivity contribution >= 4 is 23.1 Å². The smallest absolute Gasteiger partial charge is 0.152 e. The zero-order valence-electron chi connectivity index (χ0n) is 12.9. The van der Waals surface area contributed by atoms with Crippen LogP contribution in [0.4, 0.5) is 5.69 Å². The van der Waals surface area contributed by atoms with E-state index in [1.165, 1.54) is 25.7 Å². The molecule has 1 aliphatic carbocycles. The van der Waals surface area contributed by atoms with Crippen LogP contribution in [0.15, 0.2) is 52.9 Å². The molecule has 0 spiro atoms. The van der Waals surface area contributed by atoms with Crippen LogP contribution in [0.2, 0.25) is 5.02 Å². The minimum atomic E-state index is 0.417. The van der Waals surface area contributed by atoms with Crippen LogP contribution in [0.3, 0.4) is 0 Å². The molecular weight excluding hydrogens is 308 g/mol. The summed E-state index contributed by atoms with van der Waals surface area (Å²) >= 11 is 6.19. The fourth-order valence-corrected chi connectivity index (χ4v) is 3.27. The zero-order valence-corrected chi connectivity index (χ0v) is 13.7. The molecule has 0 bridgehead atoms. The fourth-order valence-electron chi connectivity index (χ4n) is 3.08. The SMILES string of the molecule is C=C1NC(CC2CCCC2)=NC(Nc2ccccc2Cl)=C1C#N. The molecule has 0 aromatic heterocycles. The van der Waals surface area contributed by atoms with Gasteiger partial charge < -0.3 is 10.6 Å². The Balaban J connectivity index is 1.86. The molecule has 0 unspecified atom stereocenters. The van der Waals surface area contributed by atoms with E-state index in [-0.39, 0.29) is 0 Å². The fraction of sp³-hybridized carbons (Fsp3) is 0.333. The van der Waals surface area contributed by atoms with Gasteiger partial charge >= 0.3 is 0 Å². The lowest BCUT2D eigenvalue weighted by atomic mass is 10.0. The first-order chi connectivity index (χ1) is 11.2. The van der Waals surface area contributed by atoms with Gasteiger partial charge in [-0.05, 0) is 18.1 Å². The highest BCUT2D eigenvalue weighted by molar-refractivity contribution is 6.33. The lowest BCUT2D eigenvalue weighted by Gasteiger charge is -2.22. The quantitative estimate of drug-likeness (QED) is 0.851. The first-order valence-electron chi connectivity index (χ1n) is 7.87. The van der Waals surface area contributed by atoms with Crippen molar-refractivity contribution in [2.75, 3.05) is 5.32 Å². The molecule has 23 heavy (non-hydrogen) atoms. The number of allylic oxidation sites excluding steroid dienone is 1. The monoisotopic (exact) mass is 326 g/mol. The molecule has 0 atom stereocenters. The van der Waals surface area contributed by atoms with Gasteiger partial charge in [-0.25, -0.2) is 4.99 Å². The summed E-state index contributed by atoms with van der Waals surface area (Å²) in [5.74, 6) is 2.05. The second-order valence-electron chi connectivity index (χ2n) is 5.96. The molecule has 1 aliphatic heterocycles. The van der Waals surface area contributed by atoms with Gasteiger partial charge in [0.2, 0.25) is 0 Å². The van der Waals surface area contributed by atoms with Crippen LogP contribution >= 0.6 is 11.6 Å². The molecule has 118 valence electrons. The molecule has 2 aliphatic rings. The van der Waals surface area contributed by atoms with Gasteiger partial charge in [0.25, 0.3) is 0 Å². The lowest BCUT2D eigenvalue weighted by Crippen LogP contribution is -2.30. The highest BCUT2D eigenvalue weighted by Gasteiger charge is 2.23. The first kappa shape index (κ1) is 15.6. The third-order valence-corrected chi connectivity index (χ3v) is 4.61. The van der Waals surface area contributed by atoms with Crippen molar-refractivity contribution in [3.63, 3.8) is 0 Å². The molecule has 0 radical (unpaired) electrons. The maximum atomic E-state index is 9.40. The van der Waals surface area contributed by atoms with Crippen molar-refractivity contribution in [2.45, 2.75) is 32.1 Å². The average molecular weight is 327 g/mol. The topological polar surface area (TPSA) is 60.2 Å². The van der Waals surface area contributed by atoms with Crippen LogP contribution in [0.1, 0.15) is 32.1 Å². The number of hydrogen-bond acceptors (Lipinski definition) is 4. The van der Waals surface area contributed by atoms with Crippen molar-refractivity contribution in [2.24, 2.45) is 10.9 Å². The van der Waals surface area contributed by atoms with Crippen molar-refractivity contribution in [3.05, 3.63) is 53.0 Å². The molecule has 1 fully saturated rings. The summed E-state index contributed by atoms with van der Waals surface area (Å²) in [6, 6.07) is 9.58. The summed E-state index contributed by atoms with van der Waals surface area (Å²) in [5.41, 5.74) is 1.74. The number of aliphatic imine (C=N–C) groups is 1. The van der Waals surface area contributed by atoms with Gasteiger partial charge in [0.15, 0.2) is 5.82 Å². The Labute approximate surface area is 141 Å². The molecule has 2 N–H and O–H groups in total. The second-order valence-corrected chi connectivity index (χ2v) is 6.36. The first-order valence-corrected chi connectivity index (χ1v) is 8.25. The van der Waals surface area contributed by atoms with E-state index in [0.29, 0.717) is 28.0 Å². The van der Waals surface area contributed by atoms with E-state index in [1.807, 2.05) is 18.2 Å². The van der Waals surface area contributed by atoms with Crippen molar-refractivity contribution in [1.29, 1.82) is 5.26 Å². The molecule has 0 saturated heterocycles. The number of benzene rings is 1. The second kappa shape index (κ2) is 6.89. The lowest BCUT2D eigenvalue weighted by molar-refractivity contribution is 0.566. The van der Waals surface area contributed by atoms with Crippen molar-refractivity contribution in [3.8, 4) is 6.07 Å². The summed E-state index contributed by atoms with van der Waals surface area (Å²) in [6.45, 7) is 3.96. The van der Waals surface area contributed by atoms with Gasteiger partial charge in [0.05, 0.1) is 16.4 Å². The highest BCUT2D eigenvalue weighted by Crippen LogP contribution is 2.30. The van der Waals surface area contributed by atoms with Gasteiger partial charge in [0, 0.05) is 6.42 Å². The number of para-hydroxylation sites is 1. The van der Waals surface area contributed by atoms with Crippen LogP contribution < -0.4 is 10.6 Å². The Hall–Kier alpha value is -2.25. The van der Waals surface area contributed by atoms with E-state index in [4.69, 9.17) is 11.6 Å². The van der Waals surface area contributed by atoms with E-state index in [2.05, 4.69) is 28.3 Å². The number of nitrogens with one attached hydrogen (secondary N) is 2. The largest absolute Gasteiger partial charge is 0.343 e. The maximum absolute atomic E-state index is 9.40. The summed E-state index contributed by atoms with van der Waals surface area (Å²) in [5, 5.41) is 16.3. The summed E-state index contributed by atoms with van der Waals surface area (Å²) in [6.07, 6.45) is 5.97. The Morgan fingerprint density at radius 2 is 2.09 bits per heavy atom. The average Bonchev–Trinajstić information content (AvgIpc) is 3.02. The van der Waals surface area contributed by atoms with Crippen LogP contribution in [-0.4, -0.2) is 5.84 Å². The number of nitrogens with zero attached hydrogens (tertiary/aromatic N) is 2. The normalized spacial score (nSPS) is 18.4. The molecular formula is C18H19ClN4. The van der Waals surface area contributed by atoms with Crippen LogP contribution in [-0.2, 0) is 0 Å². The Bertz CT molecular complexity index is 721. The number of nitriles is 1. The molecule has 1 heterocycles. The Kier molecular flexibility index (Phi) is 4.68. The van der Waals surface area contributed by atoms with Gasteiger partial charge in [0.1, 0.15) is 17.5 Å². The van der Waals surface area contributed by atoms with Gasteiger partial charge in [-0.15, -0.1) is 0 Å². The van der Waals surface area contributed by atoms with Crippen LogP contribution in [0.5, 0.6) is 0 Å². The minimum absolute atomic E-state index is 0.417. The summed E-state index contributed by atoms with van der Waals surface area (Å²) in [7, 11) is 0. The Morgan fingerprint density at radius 1 is 1.35 bits per heavy atom.